The Morgan fingerprint density at radius 2 is 2.05 bits per heavy atom. The molecule has 0 amide bonds. The first kappa shape index (κ1) is 13.3. The van der Waals surface area contributed by atoms with Gasteiger partial charge in [0, 0.05) is 17.2 Å². The molecule has 110 valence electrons. The van der Waals surface area contributed by atoms with E-state index in [0.29, 0.717) is 6.61 Å². The van der Waals surface area contributed by atoms with Crippen LogP contribution in [0, 0.1) is 0 Å². The lowest BCUT2D eigenvalue weighted by atomic mass is 10.1. The number of hydrogen-bond acceptors (Lipinski definition) is 3. The summed E-state index contributed by atoms with van der Waals surface area (Å²) in [6.07, 6.45) is 6.16. The minimum Gasteiger partial charge on any atom is -0.483 e. The number of aromatic nitrogens is 2. The Labute approximate surface area is 132 Å². The SMILES string of the molecule is Brc1ccc2c(c1)OCc1nc(CN3CCCCC3)cn1-2. The first-order valence-electron chi connectivity index (χ1n) is 7.52. The van der Waals surface area contributed by atoms with Gasteiger partial charge in [-0.05, 0) is 44.1 Å². The van der Waals surface area contributed by atoms with Crippen molar-refractivity contribution in [3.63, 3.8) is 0 Å². The molecule has 1 fully saturated rings. The minimum atomic E-state index is 0.545. The first-order chi connectivity index (χ1) is 10.3. The molecule has 21 heavy (non-hydrogen) atoms. The molecule has 1 aromatic carbocycles. The fourth-order valence-electron chi connectivity index (χ4n) is 3.15. The molecule has 0 spiro atoms. The van der Waals surface area contributed by atoms with Crippen molar-refractivity contribution in [2.45, 2.75) is 32.4 Å². The summed E-state index contributed by atoms with van der Waals surface area (Å²) in [4.78, 5) is 7.25. The number of hydrogen-bond donors (Lipinski definition) is 0. The third-order valence-electron chi connectivity index (χ3n) is 4.20. The van der Waals surface area contributed by atoms with Crippen molar-refractivity contribution < 1.29 is 4.74 Å². The van der Waals surface area contributed by atoms with Crippen molar-refractivity contribution in [1.82, 2.24) is 14.5 Å². The van der Waals surface area contributed by atoms with Crippen LogP contribution in [0.5, 0.6) is 5.75 Å². The van der Waals surface area contributed by atoms with Crippen LogP contribution in [0.25, 0.3) is 5.69 Å². The van der Waals surface area contributed by atoms with E-state index in [9.17, 15) is 0 Å². The highest BCUT2D eigenvalue weighted by Crippen LogP contribution is 2.32. The average molecular weight is 348 g/mol. The lowest BCUT2D eigenvalue weighted by Gasteiger charge is -2.25. The van der Waals surface area contributed by atoms with Gasteiger partial charge in [-0.1, -0.05) is 22.4 Å². The second kappa shape index (κ2) is 5.46. The zero-order chi connectivity index (χ0) is 14.2. The van der Waals surface area contributed by atoms with E-state index in [0.717, 1.165) is 34.0 Å². The lowest BCUT2D eigenvalue weighted by molar-refractivity contribution is 0.218. The standard InChI is InChI=1S/C16H18BrN3O/c17-12-4-5-14-15(8-12)21-11-16-18-13(10-20(14)16)9-19-6-2-1-3-7-19/h4-5,8,10H,1-3,6-7,9,11H2. The van der Waals surface area contributed by atoms with Crippen LogP contribution >= 0.6 is 15.9 Å². The quantitative estimate of drug-likeness (QED) is 0.832. The number of likely N-dealkylation sites (tertiary alicyclic amines) is 1. The summed E-state index contributed by atoms with van der Waals surface area (Å²) in [5.41, 5.74) is 2.23. The Morgan fingerprint density at radius 3 is 2.90 bits per heavy atom. The van der Waals surface area contributed by atoms with Crippen molar-refractivity contribution in [2.24, 2.45) is 0 Å². The van der Waals surface area contributed by atoms with Gasteiger partial charge in [-0.15, -0.1) is 0 Å². The molecule has 3 heterocycles. The largest absolute Gasteiger partial charge is 0.483 e. The van der Waals surface area contributed by atoms with Crippen molar-refractivity contribution in [3.8, 4) is 11.4 Å². The van der Waals surface area contributed by atoms with Gasteiger partial charge < -0.3 is 4.74 Å². The molecule has 0 aliphatic carbocycles. The number of imidazole rings is 1. The summed E-state index contributed by atoms with van der Waals surface area (Å²) in [6, 6.07) is 6.14. The second-order valence-corrected chi connectivity index (χ2v) is 6.67. The molecule has 2 aliphatic rings. The number of benzene rings is 1. The summed E-state index contributed by atoms with van der Waals surface area (Å²) in [5, 5.41) is 0. The van der Waals surface area contributed by atoms with E-state index in [1.54, 1.807) is 0 Å². The maximum Gasteiger partial charge on any atom is 0.151 e. The van der Waals surface area contributed by atoms with Crippen molar-refractivity contribution in [2.75, 3.05) is 13.1 Å². The number of nitrogens with zero attached hydrogens (tertiary/aromatic N) is 3. The molecule has 0 radical (unpaired) electrons. The summed E-state index contributed by atoms with van der Waals surface area (Å²) < 4.78 is 9.02. The highest BCUT2D eigenvalue weighted by Gasteiger charge is 2.20. The zero-order valence-electron chi connectivity index (χ0n) is 11.9. The van der Waals surface area contributed by atoms with Crippen molar-refractivity contribution in [3.05, 3.63) is 40.4 Å². The molecule has 0 bridgehead atoms. The Bertz CT molecular complexity index is 662. The van der Waals surface area contributed by atoms with Gasteiger partial charge in [0.15, 0.2) is 5.82 Å². The molecule has 0 unspecified atom stereocenters. The van der Waals surface area contributed by atoms with Gasteiger partial charge >= 0.3 is 0 Å². The van der Waals surface area contributed by atoms with E-state index < -0.39 is 0 Å². The topological polar surface area (TPSA) is 30.3 Å². The van der Waals surface area contributed by atoms with Gasteiger partial charge in [-0.2, -0.15) is 0 Å². The maximum atomic E-state index is 5.81. The highest BCUT2D eigenvalue weighted by molar-refractivity contribution is 9.10. The number of rotatable bonds is 2. The Hall–Kier alpha value is -1.33. The zero-order valence-corrected chi connectivity index (χ0v) is 13.5. The van der Waals surface area contributed by atoms with Crippen LogP contribution in [0.1, 0.15) is 30.8 Å². The Kier molecular flexibility index (Phi) is 3.47. The lowest BCUT2D eigenvalue weighted by Crippen LogP contribution is -2.29. The van der Waals surface area contributed by atoms with Crippen LogP contribution in [0.15, 0.2) is 28.9 Å². The predicted octanol–water partition coefficient (Wildman–Crippen LogP) is 3.51. The molecule has 0 saturated carbocycles. The van der Waals surface area contributed by atoms with E-state index in [1.807, 2.05) is 12.1 Å². The van der Waals surface area contributed by atoms with Gasteiger partial charge in [0.25, 0.3) is 0 Å². The molecule has 1 saturated heterocycles. The Morgan fingerprint density at radius 1 is 1.19 bits per heavy atom. The third kappa shape index (κ3) is 2.60. The smallest absolute Gasteiger partial charge is 0.151 e. The van der Waals surface area contributed by atoms with E-state index >= 15 is 0 Å². The van der Waals surface area contributed by atoms with E-state index in [4.69, 9.17) is 9.72 Å². The molecular weight excluding hydrogens is 330 g/mol. The molecule has 4 rings (SSSR count). The number of piperidine rings is 1. The van der Waals surface area contributed by atoms with Gasteiger partial charge in [0.2, 0.25) is 0 Å². The highest BCUT2D eigenvalue weighted by atomic mass is 79.9. The number of halogens is 1. The molecule has 0 atom stereocenters. The summed E-state index contributed by atoms with van der Waals surface area (Å²) in [5.74, 6) is 1.91. The second-order valence-electron chi connectivity index (χ2n) is 5.76. The van der Waals surface area contributed by atoms with Gasteiger partial charge in [0.1, 0.15) is 12.4 Å². The monoisotopic (exact) mass is 347 g/mol. The van der Waals surface area contributed by atoms with Crippen LogP contribution in [0.2, 0.25) is 0 Å². The van der Waals surface area contributed by atoms with Crippen molar-refractivity contribution in [1.29, 1.82) is 0 Å². The fourth-order valence-corrected chi connectivity index (χ4v) is 3.49. The van der Waals surface area contributed by atoms with Crippen LogP contribution in [0.4, 0.5) is 0 Å². The van der Waals surface area contributed by atoms with Crippen LogP contribution in [-0.4, -0.2) is 27.5 Å². The average Bonchev–Trinajstić information content (AvgIpc) is 2.90. The van der Waals surface area contributed by atoms with Crippen LogP contribution in [0.3, 0.4) is 0 Å². The number of ether oxygens (including phenoxy) is 1. The molecular formula is C16H18BrN3O. The summed E-state index contributed by atoms with van der Waals surface area (Å²) in [7, 11) is 0. The summed E-state index contributed by atoms with van der Waals surface area (Å²) in [6.45, 7) is 3.89. The maximum absolute atomic E-state index is 5.81. The van der Waals surface area contributed by atoms with Crippen LogP contribution in [-0.2, 0) is 13.2 Å². The van der Waals surface area contributed by atoms with Crippen molar-refractivity contribution >= 4 is 15.9 Å². The summed E-state index contributed by atoms with van der Waals surface area (Å²) >= 11 is 3.49. The predicted molar refractivity (Wildman–Crippen MR) is 84.7 cm³/mol. The van der Waals surface area contributed by atoms with E-state index in [2.05, 4.69) is 37.7 Å². The van der Waals surface area contributed by atoms with E-state index in [1.165, 1.54) is 32.4 Å². The number of fused-ring (bicyclic) bond motifs is 3. The van der Waals surface area contributed by atoms with Crippen LogP contribution < -0.4 is 4.74 Å². The minimum absolute atomic E-state index is 0.545. The Balaban J connectivity index is 1.62. The van der Waals surface area contributed by atoms with E-state index in [-0.39, 0.29) is 0 Å². The van der Waals surface area contributed by atoms with Gasteiger partial charge in [-0.25, -0.2) is 4.98 Å². The van der Waals surface area contributed by atoms with Gasteiger partial charge in [-0.3, -0.25) is 9.47 Å². The first-order valence-corrected chi connectivity index (χ1v) is 8.31. The van der Waals surface area contributed by atoms with Gasteiger partial charge in [0.05, 0.1) is 11.4 Å². The molecule has 2 aromatic rings. The fraction of sp³-hybridized carbons (Fsp3) is 0.438. The molecule has 2 aliphatic heterocycles. The molecule has 1 aromatic heterocycles. The normalized spacial score (nSPS) is 18.0. The molecule has 0 N–H and O–H groups in total. The molecule has 5 heteroatoms. The third-order valence-corrected chi connectivity index (χ3v) is 4.69. The molecule has 4 nitrogen and oxygen atoms in total.